The van der Waals surface area contributed by atoms with Gasteiger partial charge in [-0.05, 0) is 84.8 Å². The molecule has 0 aliphatic carbocycles. The van der Waals surface area contributed by atoms with E-state index in [-0.39, 0.29) is 16.2 Å². The minimum Gasteiger partial charge on any atom is -0.461 e. The summed E-state index contributed by atoms with van der Waals surface area (Å²) in [5.41, 5.74) is 5.94. The third kappa shape index (κ3) is 10.5. The quantitative estimate of drug-likeness (QED) is 0.160. The zero-order chi connectivity index (χ0) is 36.0. The number of fused-ring (bicyclic) bond motifs is 3. The van der Waals surface area contributed by atoms with Gasteiger partial charge in [0.05, 0.1) is 0 Å². The molecule has 1 aliphatic rings. The smallest absolute Gasteiger partial charge is 0.231 e. The summed E-state index contributed by atoms with van der Waals surface area (Å²) in [4.78, 5) is 0. The number of thiophene rings is 1. The van der Waals surface area contributed by atoms with E-state index in [2.05, 4.69) is 167 Å². The zero-order valence-corrected chi connectivity index (χ0v) is 32.5. The van der Waals surface area contributed by atoms with Gasteiger partial charge in [0.25, 0.3) is 0 Å². The molecule has 3 heterocycles. The van der Waals surface area contributed by atoms with E-state index >= 15 is 0 Å². The molecule has 0 atom stereocenters. The van der Waals surface area contributed by atoms with Crippen LogP contribution in [0.25, 0.3) is 21.7 Å². The SMILES string of the molecule is CC(C)(C)c1cc2ccccc2o1.CC(C)(C)c1ccc2c(c1)OCO2.CC(C)(C)c1cccc2ccccc12.CC(C)(C)c1ccsc1. The van der Waals surface area contributed by atoms with Crippen LogP contribution in [0.4, 0.5) is 0 Å². The Morgan fingerprint density at radius 1 is 0.510 bits per heavy atom. The molecule has 0 amide bonds. The van der Waals surface area contributed by atoms with Gasteiger partial charge in [-0.2, -0.15) is 11.3 Å². The fourth-order valence-corrected chi connectivity index (χ4v) is 6.17. The maximum atomic E-state index is 5.73. The van der Waals surface area contributed by atoms with Crippen LogP contribution in [0.2, 0.25) is 0 Å². The van der Waals surface area contributed by atoms with Gasteiger partial charge >= 0.3 is 0 Å². The Kier molecular flexibility index (Phi) is 11.8. The van der Waals surface area contributed by atoms with Gasteiger partial charge in [0, 0.05) is 10.8 Å². The van der Waals surface area contributed by atoms with Gasteiger partial charge in [0.1, 0.15) is 11.3 Å². The standard InChI is InChI=1S/C14H16.C12H14O.C11H14O2.C8H12S/c1-14(2,3)13-10-6-8-11-7-4-5-9-12(11)13;1-12(2,3)11-8-9-6-4-5-7-10(9)13-11;1-11(2,3)8-4-5-9-10(6-8)13-7-12-9;1-8(2,3)7-4-5-9-6-7/h4-10H,1-3H3;4-8H,1-3H3;4-6H,7H2,1-3H3;4-6H,1-3H3. The van der Waals surface area contributed by atoms with Crippen molar-refractivity contribution >= 4 is 33.1 Å². The van der Waals surface area contributed by atoms with Crippen molar-refractivity contribution < 1.29 is 13.9 Å². The Bertz CT molecular complexity index is 1880. The van der Waals surface area contributed by atoms with Crippen molar-refractivity contribution in [1.29, 1.82) is 0 Å². The van der Waals surface area contributed by atoms with Crippen LogP contribution >= 0.6 is 11.3 Å². The van der Waals surface area contributed by atoms with Crippen molar-refractivity contribution in [2.45, 2.75) is 105 Å². The van der Waals surface area contributed by atoms with Crippen molar-refractivity contribution in [3.8, 4) is 11.5 Å². The molecule has 0 unspecified atom stereocenters. The highest BCUT2D eigenvalue weighted by Crippen LogP contribution is 2.36. The molecule has 260 valence electrons. The Morgan fingerprint density at radius 2 is 1.12 bits per heavy atom. The van der Waals surface area contributed by atoms with E-state index in [1.807, 2.05) is 24.3 Å². The van der Waals surface area contributed by atoms with Crippen molar-refractivity contribution in [3.05, 3.63) is 130 Å². The normalized spacial score (nSPS) is 12.7. The summed E-state index contributed by atoms with van der Waals surface area (Å²) in [5.74, 6) is 2.77. The number of hydrogen-bond acceptors (Lipinski definition) is 4. The van der Waals surface area contributed by atoms with Crippen LogP contribution in [-0.4, -0.2) is 6.79 Å². The molecule has 0 saturated heterocycles. The average Bonchev–Trinajstić information content (AvgIpc) is 3.81. The van der Waals surface area contributed by atoms with Crippen LogP contribution in [0.15, 0.2) is 112 Å². The van der Waals surface area contributed by atoms with Gasteiger partial charge in [0.2, 0.25) is 6.79 Å². The summed E-state index contributed by atoms with van der Waals surface area (Å²) < 4.78 is 16.3. The lowest BCUT2D eigenvalue weighted by molar-refractivity contribution is 0.174. The van der Waals surface area contributed by atoms with E-state index in [1.165, 1.54) is 32.8 Å². The topological polar surface area (TPSA) is 31.6 Å². The lowest BCUT2D eigenvalue weighted by Crippen LogP contribution is -2.11. The van der Waals surface area contributed by atoms with Crippen LogP contribution in [0.3, 0.4) is 0 Å². The van der Waals surface area contributed by atoms with Gasteiger partial charge in [-0.15, -0.1) is 0 Å². The molecular formula is C45H56O3S. The summed E-state index contributed by atoms with van der Waals surface area (Å²) in [7, 11) is 0. The van der Waals surface area contributed by atoms with Crippen LogP contribution in [0.1, 0.15) is 106 Å². The van der Waals surface area contributed by atoms with Crippen LogP contribution in [-0.2, 0) is 21.7 Å². The summed E-state index contributed by atoms with van der Waals surface area (Å²) in [5, 5.41) is 8.23. The molecule has 1 aliphatic heterocycles. The highest BCUT2D eigenvalue weighted by atomic mass is 32.1. The molecule has 0 fully saturated rings. The van der Waals surface area contributed by atoms with Crippen molar-refractivity contribution in [2.24, 2.45) is 0 Å². The molecule has 4 aromatic carbocycles. The van der Waals surface area contributed by atoms with Crippen molar-refractivity contribution in [1.82, 2.24) is 0 Å². The fraction of sp³-hybridized carbons (Fsp3) is 0.378. The van der Waals surface area contributed by atoms with Gasteiger partial charge < -0.3 is 13.9 Å². The number of furan rings is 1. The Labute approximate surface area is 299 Å². The first kappa shape index (κ1) is 37.8. The maximum Gasteiger partial charge on any atom is 0.231 e. The average molecular weight is 677 g/mol. The van der Waals surface area contributed by atoms with Gasteiger partial charge in [-0.3, -0.25) is 0 Å². The minimum atomic E-state index is 0.0962. The second-order valence-electron chi connectivity index (χ2n) is 16.8. The number of para-hydroxylation sites is 1. The summed E-state index contributed by atoms with van der Waals surface area (Å²) in [6.07, 6.45) is 0. The lowest BCUT2D eigenvalue weighted by Gasteiger charge is -2.21. The molecule has 49 heavy (non-hydrogen) atoms. The Hall–Kier alpha value is -4.02. The Morgan fingerprint density at radius 3 is 1.69 bits per heavy atom. The lowest BCUT2D eigenvalue weighted by atomic mass is 9.84. The van der Waals surface area contributed by atoms with Crippen molar-refractivity contribution in [3.63, 3.8) is 0 Å². The Balaban J connectivity index is 0.000000149. The minimum absolute atomic E-state index is 0.0962. The highest BCUT2D eigenvalue weighted by Gasteiger charge is 2.20. The molecule has 2 aromatic heterocycles. The van der Waals surface area contributed by atoms with E-state index in [9.17, 15) is 0 Å². The number of hydrogen-bond donors (Lipinski definition) is 0. The monoisotopic (exact) mass is 676 g/mol. The third-order valence-electron chi connectivity index (χ3n) is 8.39. The second kappa shape index (κ2) is 15.3. The number of benzene rings is 4. The molecule has 0 N–H and O–H groups in total. The predicted octanol–water partition coefficient (Wildman–Crippen LogP) is 13.6. The molecule has 3 nitrogen and oxygen atoms in total. The first-order valence-corrected chi connectivity index (χ1v) is 18.2. The molecule has 0 bridgehead atoms. The van der Waals surface area contributed by atoms with E-state index in [0.29, 0.717) is 12.2 Å². The molecule has 0 spiro atoms. The molecule has 0 radical (unpaired) electrons. The van der Waals surface area contributed by atoms with Crippen LogP contribution in [0, 0.1) is 0 Å². The first-order chi connectivity index (χ1) is 22.8. The molecule has 0 saturated carbocycles. The van der Waals surface area contributed by atoms with Gasteiger partial charge in [-0.25, -0.2) is 0 Å². The predicted molar refractivity (Wildman–Crippen MR) is 212 cm³/mol. The van der Waals surface area contributed by atoms with E-state index in [0.717, 1.165) is 22.8 Å². The summed E-state index contributed by atoms with van der Waals surface area (Å²) in [6.45, 7) is 26.8. The maximum absolute atomic E-state index is 5.73. The van der Waals surface area contributed by atoms with Gasteiger partial charge in [-0.1, -0.05) is 150 Å². The molecule has 6 aromatic rings. The molecule has 4 heteroatoms. The first-order valence-electron chi connectivity index (χ1n) is 17.2. The third-order valence-corrected chi connectivity index (χ3v) is 9.07. The second-order valence-corrected chi connectivity index (χ2v) is 17.5. The molecular weight excluding hydrogens is 621 g/mol. The van der Waals surface area contributed by atoms with Crippen LogP contribution < -0.4 is 9.47 Å². The van der Waals surface area contributed by atoms with Gasteiger partial charge in [0.15, 0.2) is 11.5 Å². The van der Waals surface area contributed by atoms with E-state index in [4.69, 9.17) is 13.9 Å². The van der Waals surface area contributed by atoms with Crippen LogP contribution in [0.5, 0.6) is 11.5 Å². The van der Waals surface area contributed by atoms with E-state index < -0.39 is 0 Å². The largest absolute Gasteiger partial charge is 0.461 e. The van der Waals surface area contributed by atoms with Crippen molar-refractivity contribution in [2.75, 3.05) is 6.79 Å². The number of ether oxygens (including phenoxy) is 2. The highest BCUT2D eigenvalue weighted by molar-refractivity contribution is 7.08. The fourth-order valence-electron chi connectivity index (χ4n) is 5.29. The summed E-state index contributed by atoms with van der Waals surface area (Å²) in [6, 6.07) is 33.7. The van der Waals surface area contributed by atoms with E-state index in [1.54, 1.807) is 11.3 Å². The number of rotatable bonds is 0. The zero-order valence-electron chi connectivity index (χ0n) is 31.7. The molecule has 7 rings (SSSR count). The summed E-state index contributed by atoms with van der Waals surface area (Å²) >= 11 is 1.77.